The topological polar surface area (TPSA) is 53.7 Å². The molecule has 1 aromatic carbocycles. The molecular formula is C14H22ClNO3. The molecule has 2 N–H and O–H groups in total. The van der Waals surface area contributed by atoms with Gasteiger partial charge in [-0.3, -0.25) is 0 Å². The fourth-order valence-corrected chi connectivity index (χ4v) is 2.04. The number of benzene rings is 1. The van der Waals surface area contributed by atoms with Crippen LogP contribution < -0.4 is 15.2 Å². The molecule has 0 bridgehead atoms. The van der Waals surface area contributed by atoms with Gasteiger partial charge in [-0.05, 0) is 38.0 Å². The van der Waals surface area contributed by atoms with E-state index in [2.05, 4.69) is 0 Å². The Balaban J connectivity index is 2.79. The van der Waals surface area contributed by atoms with Gasteiger partial charge in [0.2, 0.25) is 0 Å². The summed E-state index contributed by atoms with van der Waals surface area (Å²) in [7, 11) is 1.59. The van der Waals surface area contributed by atoms with Crippen molar-refractivity contribution in [2.45, 2.75) is 26.3 Å². The Bertz CT molecular complexity index is 397. The highest BCUT2D eigenvalue weighted by atomic mass is 35.5. The van der Waals surface area contributed by atoms with Crippen molar-refractivity contribution >= 4 is 11.6 Å². The van der Waals surface area contributed by atoms with E-state index >= 15 is 0 Å². The molecule has 0 fully saturated rings. The van der Waals surface area contributed by atoms with Gasteiger partial charge in [0.15, 0.2) is 11.5 Å². The Morgan fingerprint density at radius 1 is 1.32 bits per heavy atom. The third kappa shape index (κ3) is 5.27. The smallest absolute Gasteiger partial charge is 0.179 e. The first-order valence-electron chi connectivity index (χ1n) is 6.41. The van der Waals surface area contributed by atoms with Gasteiger partial charge in [-0.15, -0.1) is 0 Å². The number of hydrogen-bond acceptors (Lipinski definition) is 4. The number of methoxy groups -OCH3 is 1. The lowest BCUT2D eigenvalue weighted by atomic mass is 10.1. The lowest BCUT2D eigenvalue weighted by Gasteiger charge is -2.15. The monoisotopic (exact) mass is 287 g/mol. The number of hydrogen-bond donors (Lipinski definition) is 1. The lowest BCUT2D eigenvalue weighted by molar-refractivity contribution is 0.109. The second-order valence-electron chi connectivity index (χ2n) is 4.34. The van der Waals surface area contributed by atoms with E-state index in [9.17, 15) is 0 Å². The van der Waals surface area contributed by atoms with Crippen molar-refractivity contribution in [3.05, 3.63) is 22.7 Å². The van der Waals surface area contributed by atoms with Crippen LogP contribution in [-0.4, -0.2) is 33.0 Å². The second kappa shape index (κ2) is 8.25. The highest BCUT2D eigenvalue weighted by molar-refractivity contribution is 6.32. The summed E-state index contributed by atoms with van der Waals surface area (Å²) < 4.78 is 16.1. The van der Waals surface area contributed by atoms with Gasteiger partial charge in [-0.2, -0.15) is 0 Å². The number of ether oxygens (including phenoxy) is 3. The number of halogens is 1. The normalized spacial score (nSPS) is 12.3. The summed E-state index contributed by atoms with van der Waals surface area (Å²) in [5.41, 5.74) is 6.82. The van der Waals surface area contributed by atoms with Crippen LogP contribution in [0.15, 0.2) is 12.1 Å². The van der Waals surface area contributed by atoms with Gasteiger partial charge in [-0.25, -0.2) is 0 Å². The summed E-state index contributed by atoms with van der Waals surface area (Å²) >= 11 is 6.22. The Morgan fingerprint density at radius 2 is 2.05 bits per heavy atom. The molecule has 0 saturated heterocycles. The fraction of sp³-hybridized carbons (Fsp3) is 0.571. The van der Waals surface area contributed by atoms with Gasteiger partial charge in [0.1, 0.15) is 6.61 Å². The van der Waals surface area contributed by atoms with E-state index < -0.39 is 0 Å². The minimum Gasteiger partial charge on any atom is -0.493 e. The maximum atomic E-state index is 6.22. The molecule has 0 radical (unpaired) electrons. The molecule has 1 aromatic rings. The van der Waals surface area contributed by atoms with Gasteiger partial charge in [-0.1, -0.05) is 11.6 Å². The van der Waals surface area contributed by atoms with Crippen LogP contribution in [0.25, 0.3) is 0 Å². The molecule has 0 aliphatic heterocycles. The highest BCUT2D eigenvalue weighted by Crippen LogP contribution is 2.36. The molecule has 108 valence electrons. The van der Waals surface area contributed by atoms with E-state index in [1.165, 1.54) is 0 Å². The summed E-state index contributed by atoms with van der Waals surface area (Å²) in [4.78, 5) is 0. The van der Waals surface area contributed by atoms with E-state index in [0.717, 1.165) is 12.0 Å². The van der Waals surface area contributed by atoms with Gasteiger partial charge in [0.25, 0.3) is 0 Å². The molecule has 0 aliphatic rings. The number of nitrogens with two attached hydrogens (primary N) is 1. The molecule has 0 aliphatic carbocycles. The first-order chi connectivity index (χ1) is 9.08. The Kier molecular flexibility index (Phi) is 6.99. The molecule has 0 aromatic heterocycles. The first kappa shape index (κ1) is 16.1. The number of rotatable bonds is 8. The molecule has 4 nitrogen and oxygen atoms in total. The Hall–Kier alpha value is -0.970. The molecule has 1 rings (SSSR count). The summed E-state index contributed by atoms with van der Waals surface area (Å²) in [6, 6.07) is 3.85. The van der Waals surface area contributed by atoms with Crippen molar-refractivity contribution < 1.29 is 14.2 Å². The average Bonchev–Trinajstić information content (AvgIpc) is 2.35. The molecule has 1 unspecified atom stereocenters. The van der Waals surface area contributed by atoms with Crippen LogP contribution in [-0.2, 0) is 11.2 Å². The van der Waals surface area contributed by atoms with Gasteiger partial charge >= 0.3 is 0 Å². The van der Waals surface area contributed by atoms with E-state index in [1.807, 2.05) is 26.0 Å². The van der Waals surface area contributed by atoms with Crippen molar-refractivity contribution in [3.8, 4) is 11.5 Å². The molecule has 1 atom stereocenters. The largest absolute Gasteiger partial charge is 0.493 e. The predicted octanol–water partition coefficient (Wildman–Crippen LogP) is 2.65. The van der Waals surface area contributed by atoms with Crippen molar-refractivity contribution in [2.24, 2.45) is 5.73 Å². The summed E-state index contributed by atoms with van der Waals surface area (Å²) in [6.45, 7) is 5.53. The molecule has 5 heteroatoms. The minimum atomic E-state index is 0.0745. The Labute approximate surface area is 119 Å². The third-order valence-electron chi connectivity index (χ3n) is 2.53. The molecule has 0 heterocycles. The fourth-order valence-electron chi connectivity index (χ4n) is 1.75. The van der Waals surface area contributed by atoms with Crippen molar-refractivity contribution in [2.75, 3.05) is 26.9 Å². The average molecular weight is 288 g/mol. The third-order valence-corrected chi connectivity index (χ3v) is 2.81. The molecule has 0 amide bonds. The van der Waals surface area contributed by atoms with Crippen LogP contribution in [0.3, 0.4) is 0 Å². The maximum absolute atomic E-state index is 6.22. The highest BCUT2D eigenvalue weighted by Gasteiger charge is 2.12. The first-order valence-corrected chi connectivity index (χ1v) is 6.78. The van der Waals surface area contributed by atoms with E-state index in [0.29, 0.717) is 36.3 Å². The lowest BCUT2D eigenvalue weighted by Crippen LogP contribution is -2.17. The zero-order chi connectivity index (χ0) is 14.3. The summed E-state index contributed by atoms with van der Waals surface area (Å²) in [5, 5.41) is 0.534. The van der Waals surface area contributed by atoms with Crippen LogP contribution in [0, 0.1) is 0 Å². The van der Waals surface area contributed by atoms with Gasteiger partial charge < -0.3 is 19.9 Å². The van der Waals surface area contributed by atoms with Gasteiger partial charge in [0, 0.05) is 12.6 Å². The predicted molar refractivity (Wildman–Crippen MR) is 77.3 cm³/mol. The quantitative estimate of drug-likeness (QED) is 0.747. The minimum absolute atomic E-state index is 0.0745. The molecule has 0 saturated carbocycles. The summed E-state index contributed by atoms with van der Waals surface area (Å²) in [6.07, 6.45) is 0.745. The SMILES string of the molecule is CCOCCOc1c(Cl)cc(CC(C)N)cc1OC. The van der Waals surface area contributed by atoms with Crippen LogP contribution in [0.2, 0.25) is 5.02 Å². The zero-order valence-corrected chi connectivity index (χ0v) is 12.5. The summed E-state index contributed by atoms with van der Waals surface area (Å²) in [5.74, 6) is 1.18. The van der Waals surface area contributed by atoms with E-state index in [4.69, 9.17) is 31.5 Å². The van der Waals surface area contributed by atoms with Crippen LogP contribution in [0.4, 0.5) is 0 Å². The van der Waals surface area contributed by atoms with E-state index in [1.54, 1.807) is 7.11 Å². The zero-order valence-electron chi connectivity index (χ0n) is 11.7. The molecular weight excluding hydrogens is 266 g/mol. The van der Waals surface area contributed by atoms with Crippen LogP contribution >= 0.6 is 11.6 Å². The van der Waals surface area contributed by atoms with Crippen LogP contribution in [0.1, 0.15) is 19.4 Å². The molecule has 0 spiro atoms. The standard InChI is InChI=1S/C14H22ClNO3/c1-4-18-5-6-19-14-12(15)8-11(7-10(2)16)9-13(14)17-3/h8-10H,4-7,16H2,1-3H3. The van der Waals surface area contributed by atoms with Gasteiger partial charge in [0.05, 0.1) is 18.7 Å². The molecule has 19 heavy (non-hydrogen) atoms. The van der Waals surface area contributed by atoms with E-state index in [-0.39, 0.29) is 6.04 Å². The maximum Gasteiger partial charge on any atom is 0.179 e. The van der Waals surface area contributed by atoms with Crippen molar-refractivity contribution in [3.63, 3.8) is 0 Å². The Morgan fingerprint density at radius 3 is 2.63 bits per heavy atom. The second-order valence-corrected chi connectivity index (χ2v) is 4.74. The van der Waals surface area contributed by atoms with Crippen molar-refractivity contribution in [1.82, 2.24) is 0 Å². The van der Waals surface area contributed by atoms with Crippen LogP contribution in [0.5, 0.6) is 11.5 Å². The van der Waals surface area contributed by atoms with Crippen molar-refractivity contribution in [1.29, 1.82) is 0 Å².